The number of rotatable bonds is 9. The first-order chi connectivity index (χ1) is 14.1. The summed E-state index contributed by atoms with van der Waals surface area (Å²) in [6.45, 7) is 1.59. The molecule has 3 aromatic rings. The molecule has 152 valence electrons. The monoisotopic (exact) mass is 433 g/mol. The minimum atomic E-state index is -0.224. The molecule has 0 aliphatic heterocycles. The highest BCUT2D eigenvalue weighted by Crippen LogP contribution is 2.33. The third-order valence-corrected chi connectivity index (χ3v) is 5.23. The first-order valence-corrected chi connectivity index (χ1v) is 10.0. The van der Waals surface area contributed by atoms with E-state index in [0.29, 0.717) is 28.1 Å². The molecular formula is C23H22Cl2FNO2. The van der Waals surface area contributed by atoms with Crippen LogP contribution in [0, 0.1) is 5.82 Å². The smallest absolute Gasteiger partial charge is 0.166 e. The normalized spacial score (nSPS) is 10.8. The molecule has 3 nitrogen and oxygen atoms in total. The largest absolute Gasteiger partial charge is 0.493 e. The van der Waals surface area contributed by atoms with Gasteiger partial charge in [0.1, 0.15) is 12.4 Å². The van der Waals surface area contributed by atoms with Gasteiger partial charge in [-0.05, 0) is 48.9 Å². The SMILES string of the molecule is COc1cccc(CNCCc2ccc(F)cc2)c1OCc1c(Cl)cccc1Cl. The predicted octanol–water partition coefficient (Wildman–Crippen LogP) is 6.05. The Labute approximate surface area is 180 Å². The Hall–Kier alpha value is -2.27. The van der Waals surface area contributed by atoms with Gasteiger partial charge in [-0.2, -0.15) is 0 Å². The Kier molecular flexibility index (Phi) is 7.76. The van der Waals surface area contributed by atoms with E-state index in [1.807, 2.05) is 18.2 Å². The van der Waals surface area contributed by atoms with Gasteiger partial charge in [-0.1, -0.05) is 53.5 Å². The van der Waals surface area contributed by atoms with Crippen molar-refractivity contribution in [2.75, 3.05) is 13.7 Å². The lowest BCUT2D eigenvalue weighted by molar-refractivity contribution is 0.281. The van der Waals surface area contributed by atoms with Gasteiger partial charge in [-0.3, -0.25) is 0 Å². The van der Waals surface area contributed by atoms with E-state index in [0.717, 1.165) is 29.7 Å². The molecule has 0 fully saturated rings. The maximum atomic E-state index is 13.0. The van der Waals surface area contributed by atoms with Gasteiger partial charge in [-0.15, -0.1) is 0 Å². The average molecular weight is 434 g/mol. The van der Waals surface area contributed by atoms with E-state index >= 15 is 0 Å². The molecule has 0 saturated carbocycles. The maximum absolute atomic E-state index is 13.0. The number of hydrogen-bond acceptors (Lipinski definition) is 3. The Morgan fingerprint density at radius 3 is 2.31 bits per heavy atom. The summed E-state index contributed by atoms with van der Waals surface area (Å²) < 4.78 is 24.5. The Morgan fingerprint density at radius 1 is 0.931 bits per heavy atom. The lowest BCUT2D eigenvalue weighted by atomic mass is 10.1. The van der Waals surface area contributed by atoms with Gasteiger partial charge < -0.3 is 14.8 Å². The van der Waals surface area contributed by atoms with Crippen molar-refractivity contribution >= 4 is 23.2 Å². The number of nitrogens with one attached hydrogen (secondary N) is 1. The summed E-state index contributed by atoms with van der Waals surface area (Å²) in [7, 11) is 1.61. The first kappa shape index (κ1) is 21.4. The molecule has 0 heterocycles. The molecule has 3 aromatic carbocycles. The van der Waals surface area contributed by atoms with Crippen LogP contribution in [-0.2, 0) is 19.6 Å². The maximum Gasteiger partial charge on any atom is 0.166 e. The van der Waals surface area contributed by atoms with E-state index in [1.165, 1.54) is 12.1 Å². The third-order valence-electron chi connectivity index (χ3n) is 4.52. The van der Waals surface area contributed by atoms with Gasteiger partial charge in [0.2, 0.25) is 0 Å². The highest BCUT2D eigenvalue weighted by atomic mass is 35.5. The molecule has 0 unspecified atom stereocenters. The van der Waals surface area contributed by atoms with Crippen LogP contribution in [0.25, 0.3) is 0 Å². The second-order valence-corrected chi connectivity index (χ2v) is 7.31. The van der Waals surface area contributed by atoms with E-state index in [9.17, 15) is 4.39 Å². The minimum absolute atomic E-state index is 0.224. The van der Waals surface area contributed by atoms with Gasteiger partial charge in [0.05, 0.1) is 7.11 Å². The zero-order valence-corrected chi connectivity index (χ0v) is 17.6. The van der Waals surface area contributed by atoms with Crippen LogP contribution in [0.4, 0.5) is 4.39 Å². The molecule has 0 amide bonds. The molecule has 3 rings (SSSR count). The topological polar surface area (TPSA) is 30.5 Å². The third kappa shape index (κ3) is 5.86. The number of hydrogen-bond donors (Lipinski definition) is 1. The Morgan fingerprint density at radius 2 is 1.62 bits per heavy atom. The molecule has 0 atom stereocenters. The van der Waals surface area contributed by atoms with E-state index in [-0.39, 0.29) is 12.4 Å². The van der Waals surface area contributed by atoms with Crippen LogP contribution >= 0.6 is 23.2 Å². The highest BCUT2D eigenvalue weighted by molar-refractivity contribution is 6.35. The van der Waals surface area contributed by atoms with Crippen LogP contribution in [0.5, 0.6) is 11.5 Å². The quantitative estimate of drug-likeness (QED) is 0.416. The molecule has 29 heavy (non-hydrogen) atoms. The van der Waals surface area contributed by atoms with Crippen molar-refractivity contribution in [3.63, 3.8) is 0 Å². The van der Waals surface area contributed by atoms with Crippen molar-refractivity contribution < 1.29 is 13.9 Å². The molecule has 0 bridgehead atoms. The van der Waals surface area contributed by atoms with Gasteiger partial charge in [0, 0.05) is 27.7 Å². The molecule has 0 radical (unpaired) electrons. The molecule has 1 N–H and O–H groups in total. The van der Waals surface area contributed by atoms with E-state index in [1.54, 1.807) is 37.4 Å². The molecule has 0 spiro atoms. The summed E-state index contributed by atoms with van der Waals surface area (Å²) in [5, 5.41) is 4.52. The summed E-state index contributed by atoms with van der Waals surface area (Å²) in [6.07, 6.45) is 0.801. The fraction of sp³-hybridized carbons (Fsp3) is 0.217. The number of methoxy groups -OCH3 is 1. The van der Waals surface area contributed by atoms with Gasteiger partial charge >= 0.3 is 0 Å². The van der Waals surface area contributed by atoms with Crippen LogP contribution in [0.2, 0.25) is 10.0 Å². The van der Waals surface area contributed by atoms with E-state index in [4.69, 9.17) is 32.7 Å². The first-order valence-electron chi connectivity index (χ1n) is 9.25. The van der Waals surface area contributed by atoms with Crippen molar-refractivity contribution in [3.05, 3.63) is 93.2 Å². The van der Waals surface area contributed by atoms with E-state index < -0.39 is 0 Å². The minimum Gasteiger partial charge on any atom is -0.493 e. The molecular weight excluding hydrogens is 412 g/mol. The zero-order chi connectivity index (χ0) is 20.6. The Balaban J connectivity index is 1.65. The molecule has 0 aliphatic carbocycles. The van der Waals surface area contributed by atoms with Crippen LogP contribution in [-0.4, -0.2) is 13.7 Å². The van der Waals surface area contributed by atoms with Crippen molar-refractivity contribution in [3.8, 4) is 11.5 Å². The second-order valence-electron chi connectivity index (χ2n) is 6.49. The summed E-state index contributed by atoms with van der Waals surface area (Å²) >= 11 is 12.5. The van der Waals surface area contributed by atoms with Crippen LogP contribution in [0.3, 0.4) is 0 Å². The van der Waals surface area contributed by atoms with Crippen molar-refractivity contribution in [2.45, 2.75) is 19.6 Å². The molecule has 6 heteroatoms. The molecule has 0 aliphatic rings. The van der Waals surface area contributed by atoms with Crippen molar-refractivity contribution in [2.24, 2.45) is 0 Å². The van der Waals surface area contributed by atoms with E-state index in [2.05, 4.69) is 5.32 Å². The number of halogens is 3. The predicted molar refractivity (Wildman–Crippen MR) is 116 cm³/mol. The molecule has 0 aromatic heterocycles. The van der Waals surface area contributed by atoms with Gasteiger partial charge in [0.15, 0.2) is 11.5 Å². The summed E-state index contributed by atoms with van der Waals surface area (Å²) in [6, 6.07) is 17.7. The van der Waals surface area contributed by atoms with Crippen LogP contribution in [0.15, 0.2) is 60.7 Å². The van der Waals surface area contributed by atoms with Gasteiger partial charge in [0.25, 0.3) is 0 Å². The average Bonchev–Trinajstić information content (AvgIpc) is 2.72. The summed E-state index contributed by atoms with van der Waals surface area (Å²) in [4.78, 5) is 0. The summed E-state index contributed by atoms with van der Waals surface area (Å²) in [5.74, 6) is 1.07. The number of benzene rings is 3. The zero-order valence-electron chi connectivity index (χ0n) is 16.1. The second kappa shape index (κ2) is 10.5. The fourth-order valence-electron chi connectivity index (χ4n) is 2.95. The summed E-state index contributed by atoms with van der Waals surface area (Å²) in [5.41, 5.74) is 2.78. The van der Waals surface area contributed by atoms with Crippen molar-refractivity contribution in [1.29, 1.82) is 0 Å². The number of ether oxygens (including phenoxy) is 2. The highest BCUT2D eigenvalue weighted by Gasteiger charge is 2.13. The van der Waals surface area contributed by atoms with Crippen molar-refractivity contribution in [1.82, 2.24) is 5.32 Å². The lowest BCUT2D eigenvalue weighted by Crippen LogP contribution is -2.17. The number of para-hydroxylation sites is 1. The molecule has 0 saturated heterocycles. The lowest BCUT2D eigenvalue weighted by Gasteiger charge is -2.16. The van der Waals surface area contributed by atoms with Crippen LogP contribution in [0.1, 0.15) is 16.7 Å². The standard InChI is InChI=1S/C23H22Cl2FNO2/c1-28-22-7-2-4-17(14-27-13-12-16-8-10-18(26)11-9-16)23(22)29-15-19-20(24)5-3-6-21(19)25/h2-11,27H,12-15H2,1H3. The Bertz CT molecular complexity index is 928. The fourth-order valence-corrected chi connectivity index (χ4v) is 3.45. The van der Waals surface area contributed by atoms with Gasteiger partial charge in [-0.25, -0.2) is 4.39 Å². The van der Waals surface area contributed by atoms with Crippen LogP contribution < -0.4 is 14.8 Å².